The highest BCUT2D eigenvalue weighted by Gasteiger charge is 2.19. The minimum Gasteiger partial charge on any atom is -0.287 e. The van der Waals surface area contributed by atoms with Crippen molar-refractivity contribution in [1.29, 1.82) is 0 Å². The van der Waals surface area contributed by atoms with Gasteiger partial charge in [0, 0.05) is 11.8 Å². The van der Waals surface area contributed by atoms with Crippen LogP contribution in [0.3, 0.4) is 0 Å². The SMILES string of the molecule is Cc1ccnc(C(=O)c2ccc(C3CCC3)cc2)c1. The predicted octanol–water partition coefficient (Wildman–Crippen LogP) is 3.89. The Kier molecular flexibility index (Phi) is 3.16. The van der Waals surface area contributed by atoms with Gasteiger partial charge in [0.25, 0.3) is 0 Å². The van der Waals surface area contributed by atoms with E-state index in [1.807, 2.05) is 31.2 Å². The van der Waals surface area contributed by atoms with Gasteiger partial charge in [-0.1, -0.05) is 30.7 Å². The van der Waals surface area contributed by atoms with Crippen LogP contribution in [0.2, 0.25) is 0 Å². The van der Waals surface area contributed by atoms with Crippen LogP contribution in [-0.2, 0) is 0 Å². The summed E-state index contributed by atoms with van der Waals surface area (Å²) < 4.78 is 0. The van der Waals surface area contributed by atoms with Gasteiger partial charge in [0.15, 0.2) is 0 Å². The first kappa shape index (κ1) is 12.1. The normalized spacial score (nSPS) is 15.0. The Balaban J connectivity index is 1.83. The summed E-state index contributed by atoms with van der Waals surface area (Å²) in [5.74, 6) is 0.713. The average Bonchev–Trinajstić information content (AvgIpc) is 2.37. The highest BCUT2D eigenvalue weighted by molar-refractivity contribution is 6.07. The number of hydrogen-bond acceptors (Lipinski definition) is 2. The molecule has 2 nitrogen and oxygen atoms in total. The van der Waals surface area contributed by atoms with Gasteiger partial charge in [-0.25, -0.2) is 0 Å². The van der Waals surface area contributed by atoms with Crippen molar-refractivity contribution < 1.29 is 4.79 Å². The maximum absolute atomic E-state index is 12.3. The quantitative estimate of drug-likeness (QED) is 0.775. The monoisotopic (exact) mass is 251 g/mol. The highest BCUT2D eigenvalue weighted by Crippen LogP contribution is 2.36. The van der Waals surface area contributed by atoms with Crippen LogP contribution in [-0.4, -0.2) is 10.8 Å². The number of nitrogens with zero attached hydrogens (tertiary/aromatic N) is 1. The van der Waals surface area contributed by atoms with Crippen LogP contribution in [0.5, 0.6) is 0 Å². The van der Waals surface area contributed by atoms with Crippen molar-refractivity contribution >= 4 is 5.78 Å². The Hall–Kier alpha value is -1.96. The standard InChI is InChI=1S/C17H17NO/c1-12-9-10-18-16(11-12)17(19)15-7-5-14(6-8-15)13-3-2-4-13/h5-11,13H,2-4H2,1H3. The topological polar surface area (TPSA) is 30.0 Å². The summed E-state index contributed by atoms with van der Waals surface area (Å²) in [5, 5.41) is 0. The Morgan fingerprint density at radius 1 is 1.16 bits per heavy atom. The van der Waals surface area contributed by atoms with E-state index < -0.39 is 0 Å². The summed E-state index contributed by atoms with van der Waals surface area (Å²) >= 11 is 0. The third-order valence-corrected chi connectivity index (χ3v) is 3.90. The zero-order valence-corrected chi connectivity index (χ0v) is 11.1. The molecule has 0 radical (unpaired) electrons. The molecule has 0 amide bonds. The molecule has 1 aliphatic rings. The van der Waals surface area contributed by atoms with Crippen LogP contribution >= 0.6 is 0 Å². The molecular weight excluding hydrogens is 234 g/mol. The second-order valence-electron chi connectivity index (χ2n) is 5.30. The number of benzene rings is 1. The third kappa shape index (κ3) is 2.43. The van der Waals surface area contributed by atoms with Crippen molar-refractivity contribution in [1.82, 2.24) is 4.98 Å². The van der Waals surface area contributed by atoms with Gasteiger partial charge >= 0.3 is 0 Å². The summed E-state index contributed by atoms with van der Waals surface area (Å²) in [6, 6.07) is 11.8. The first-order chi connectivity index (χ1) is 9.24. The highest BCUT2D eigenvalue weighted by atomic mass is 16.1. The number of carbonyl (C=O) groups is 1. The number of carbonyl (C=O) groups excluding carboxylic acids is 1. The largest absolute Gasteiger partial charge is 0.287 e. The van der Waals surface area contributed by atoms with Crippen molar-refractivity contribution in [3.63, 3.8) is 0 Å². The van der Waals surface area contributed by atoms with Gasteiger partial charge in [-0.3, -0.25) is 9.78 Å². The van der Waals surface area contributed by atoms with Gasteiger partial charge in [0.2, 0.25) is 5.78 Å². The zero-order valence-electron chi connectivity index (χ0n) is 11.1. The molecule has 1 saturated carbocycles. The fourth-order valence-corrected chi connectivity index (χ4v) is 2.46. The summed E-state index contributed by atoms with van der Waals surface area (Å²) in [4.78, 5) is 16.5. The lowest BCUT2D eigenvalue weighted by Gasteiger charge is -2.25. The molecule has 1 fully saturated rings. The average molecular weight is 251 g/mol. The van der Waals surface area contributed by atoms with Gasteiger partial charge < -0.3 is 0 Å². The number of rotatable bonds is 3. The van der Waals surface area contributed by atoms with Gasteiger partial charge in [0.1, 0.15) is 5.69 Å². The lowest BCUT2D eigenvalue weighted by atomic mass is 9.80. The maximum Gasteiger partial charge on any atom is 0.211 e. The van der Waals surface area contributed by atoms with Crippen molar-refractivity contribution in [3.05, 3.63) is 65.0 Å². The lowest BCUT2D eigenvalue weighted by Crippen LogP contribution is -2.09. The Labute approximate surface area is 113 Å². The molecule has 0 unspecified atom stereocenters. The van der Waals surface area contributed by atoms with Gasteiger partial charge in [-0.2, -0.15) is 0 Å². The molecular formula is C17H17NO. The molecule has 0 N–H and O–H groups in total. The van der Waals surface area contributed by atoms with E-state index in [9.17, 15) is 4.79 Å². The first-order valence-corrected chi connectivity index (χ1v) is 6.81. The molecule has 1 aromatic carbocycles. The molecule has 0 spiro atoms. The van der Waals surface area contributed by atoms with Crippen LogP contribution in [0.4, 0.5) is 0 Å². The molecule has 0 saturated heterocycles. The predicted molar refractivity (Wildman–Crippen MR) is 75.4 cm³/mol. The van der Waals surface area contributed by atoms with E-state index in [-0.39, 0.29) is 5.78 Å². The van der Waals surface area contributed by atoms with Gasteiger partial charge in [-0.05, 0) is 48.9 Å². The van der Waals surface area contributed by atoms with E-state index in [0.717, 1.165) is 11.1 Å². The number of pyridine rings is 1. The van der Waals surface area contributed by atoms with Gasteiger partial charge in [-0.15, -0.1) is 0 Å². The maximum atomic E-state index is 12.3. The van der Waals surface area contributed by atoms with E-state index >= 15 is 0 Å². The molecule has 2 heteroatoms. The minimum absolute atomic E-state index is 0.00357. The summed E-state index contributed by atoms with van der Waals surface area (Å²) in [5.41, 5.74) is 3.67. The molecule has 96 valence electrons. The molecule has 1 aliphatic carbocycles. The Bertz CT molecular complexity index is 597. The lowest BCUT2D eigenvalue weighted by molar-refractivity contribution is 0.103. The molecule has 2 aromatic rings. The number of hydrogen-bond donors (Lipinski definition) is 0. The molecule has 0 atom stereocenters. The van der Waals surface area contributed by atoms with Crippen LogP contribution < -0.4 is 0 Å². The van der Waals surface area contributed by atoms with E-state index in [0.29, 0.717) is 11.6 Å². The zero-order chi connectivity index (χ0) is 13.2. The van der Waals surface area contributed by atoms with Crippen LogP contribution in [0, 0.1) is 6.92 Å². The second kappa shape index (κ2) is 4.96. The number of aryl methyl sites for hydroxylation is 1. The Morgan fingerprint density at radius 3 is 2.47 bits per heavy atom. The third-order valence-electron chi connectivity index (χ3n) is 3.90. The van der Waals surface area contributed by atoms with Crippen molar-refractivity contribution in [2.75, 3.05) is 0 Å². The van der Waals surface area contributed by atoms with Crippen LogP contribution in [0.15, 0.2) is 42.6 Å². The van der Waals surface area contributed by atoms with Gasteiger partial charge in [0.05, 0.1) is 0 Å². The van der Waals surface area contributed by atoms with E-state index in [1.54, 1.807) is 6.20 Å². The Morgan fingerprint density at radius 2 is 1.89 bits per heavy atom. The van der Waals surface area contributed by atoms with Crippen molar-refractivity contribution in [2.24, 2.45) is 0 Å². The molecule has 0 bridgehead atoms. The fraction of sp³-hybridized carbons (Fsp3) is 0.294. The van der Waals surface area contributed by atoms with Crippen molar-refractivity contribution in [3.8, 4) is 0 Å². The van der Waals surface area contributed by atoms with Crippen LogP contribution in [0.25, 0.3) is 0 Å². The molecule has 19 heavy (non-hydrogen) atoms. The summed E-state index contributed by atoms with van der Waals surface area (Å²) in [7, 11) is 0. The number of ketones is 1. The smallest absolute Gasteiger partial charge is 0.211 e. The fourth-order valence-electron chi connectivity index (χ4n) is 2.46. The van der Waals surface area contributed by atoms with E-state index in [2.05, 4.69) is 17.1 Å². The van der Waals surface area contributed by atoms with Crippen LogP contribution in [0.1, 0.15) is 52.4 Å². The molecule has 1 heterocycles. The molecule has 1 aromatic heterocycles. The first-order valence-electron chi connectivity index (χ1n) is 6.81. The van der Waals surface area contributed by atoms with E-state index in [1.165, 1.54) is 24.8 Å². The number of aromatic nitrogens is 1. The molecule has 0 aliphatic heterocycles. The van der Waals surface area contributed by atoms with E-state index in [4.69, 9.17) is 0 Å². The second-order valence-corrected chi connectivity index (χ2v) is 5.30. The minimum atomic E-state index is 0.00357. The summed E-state index contributed by atoms with van der Waals surface area (Å²) in [6.07, 6.45) is 5.59. The summed E-state index contributed by atoms with van der Waals surface area (Å²) in [6.45, 7) is 1.97. The molecule has 3 rings (SSSR count). The van der Waals surface area contributed by atoms with Crippen molar-refractivity contribution in [2.45, 2.75) is 32.1 Å².